The SMILES string of the molecule is Brc1cncc(C2CC=NN2)c1.CCC(CCl)(C(=O)Cl)C(F)F.CCC(CCl)(C(=O)N1N=CCC1c1cncc(Br)c1)C(F)F.CCC1(C(F)F)CN2CCC(c3cncc(Br)c3)N2C1=O.[B].[C-]#N.[Na+]. The Morgan fingerprint density at radius 3 is 1.69 bits per heavy atom. The van der Waals surface area contributed by atoms with Crippen molar-refractivity contribution >= 4 is 120 Å². The molecule has 13 nitrogen and oxygen atoms in total. The number of nitrogens with one attached hydrogen (secondary N) is 1. The molecule has 0 aromatic carbocycles. The first-order chi connectivity index (χ1) is 32.3. The number of hydrogen-bond donors (Lipinski definition) is 1. The summed E-state index contributed by atoms with van der Waals surface area (Å²) in [5, 5.41) is 17.5. The predicted octanol–water partition coefficient (Wildman–Crippen LogP) is 8.25. The molecule has 2 amide bonds. The predicted molar refractivity (Wildman–Crippen MR) is 262 cm³/mol. The van der Waals surface area contributed by atoms with Gasteiger partial charge in [-0.05, 0) is 120 Å². The van der Waals surface area contributed by atoms with E-state index in [0.29, 0.717) is 19.0 Å². The van der Waals surface area contributed by atoms with Gasteiger partial charge >= 0.3 is 29.6 Å². The number of pyridine rings is 3. The standard InChI is InChI=1S/C14H15BrClF2N3O.C14H16BrF2N3O.C8H8BrN3.C6H8Cl2F2O.CN.B.Na/c1-2-14(8-16,12(17)18)13(22)21-11(3-4-20-21)9-5-10(15)7-19-6-9;1-2-14(12(16)17)8-19-4-3-11(20(19)13(14)21)9-5-10(15)7-18-6-9;9-7-3-6(4-10-5-7)8-1-2-11-12-8;1-2-6(3-7,4(8)11)5(9)10;1-2;;/h4-7,11-12H,2-3,8H2,1H3;5-7,11-12H,2-4,8H2,1H3;2-5,8,12H,1H2;5H,2-3H2,1H3;;;/q;;;;-1;;+1. The third kappa shape index (κ3) is 15.3. The van der Waals surface area contributed by atoms with Crippen molar-refractivity contribution in [1.29, 1.82) is 5.26 Å². The van der Waals surface area contributed by atoms with Crippen LogP contribution in [0.5, 0.6) is 0 Å². The van der Waals surface area contributed by atoms with Crippen molar-refractivity contribution in [3.63, 3.8) is 0 Å². The van der Waals surface area contributed by atoms with E-state index >= 15 is 0 Å². The number of nitrogens with zero attached hydrogens (tertiary/aromatic N) is 9. The van der Waals surface area contributed by atoms with Crippen LogP contribution in [0.25, 0.3) is 0 Å². The number of hydrogen-bond acceptors (Lipinski definition) is 11. The van der Waals surface area contributed by atoms with Crippen LogP contribution in [0.15, 0.2) is 79.0 Å². The van der Waals surface area contributed by atoms with Crippen LogP contribution in [-0.2, 0) is 14.4 Å². The Bertz CT molecular complexity index is 2240. The molecule has 0 spiro atoms. The fourth-order valence-electron chi connectivity index (χ4n) is 7.34. The number of amides is 2. The fraction of sp³-hybridized carbons (Fsp3) is 0.512. The zero-order chi connectivity index (χ0) is 51.0. The molecule has 4 aliphatic rings. The zero-order valence-corrected chi connectivity index (χ0v) is 47.3. The number of alkyl halides is 8. The van der Waals surface area contributed by atoms with E-state index in [1.165, 1.54) is 24.4 Å². The smallest absolute Gasteiger partial charge is 0.512 e. The van der Waals surface area contributed by atoms with Crippen LogP contribution in [0.4, 0.5) is 26.3 Å². The minimum absolute atomic E-state index is 0. The van der Waals surface area contributed by atoms with Crippen LogP contribution in [0.2, 0.25) is 0 Å². The molecule has 3 radical (unpaired) electrons. The Labute approximate surface area is 467 Å². The molecule has 375 valence electrons. The van der Waals surface area contributed by atoms with Crippen molar-refractivity contribution in [2.45, 2.75) is 96.7 Å². The first kappa shape index (κ1) is 65.6. The third-order valence-corrected chi connectivity index (χ3v) is 14.5. The van der Waals surface area contributed by atoms with Crippen LogP contribution >= 0.6 is 82.6 Å². The average molecular weight is 1250 g/mol. The van der Waals surface area contributed by atoms with Gasteiger partial charge in [0, 0.05) is 109 Å². The van der Waals surface area contributed by atoms with E-state index < -0.39 is 70.4 Å². The van der Waals surface area contributed by atoms with Gasteiger partial charge in [-0.25, -0.2) is 36.4 Å². The normalized spacial score (nSPS) is 21.5. The molecular weight excluding hydrogens is 1200 g/mol. The van der Waals surface area contributed by atoms with Crippen molar-refractivity contribution in [3.8, 4) is 0 Å². The molecule has 6 atom stereocenters. The summed E-state index contributed by atoms with van der Waals surface area (Å²) in [6, 6.07) is 5.40. The summed E-state index contributed by atoms with van der Waals surface area (Å²) < 4.78 is 80.8. The molecule has 0 aliphatic carbocycles. The molecule has 1 N–H and O–H groups in total. The van der Waals surface area contributed by atoms with Crippen molar-refractivity contribution in [3.05, 3.63) is 92.1 Å². The van der Waals surface area contributed by atoms with E-state index in [4.69, 9.17) is 46.6 Å². The second-order valence-corrected chi connectivity index (χ2v) is 19.2. The van der Waals surface area contributed by atoms with E-state index in [2.05, 4.69) is 84.4 Å². The monoisotopic (exact) mass is 1240 g/mol. The van der Waals surface area contributed by atoms with E-state index in [1.54, 1.807) is 55.2 Å². The molecular formula is C43H47BBr3Cl3F6N10NaO3. The first-order valence-electron chi connectivity index (χ1n) is 20.7. The van der Waals surface area contributed by atoms with E-state index in [1.807, 2.05) is 18.5 Å². The van der Waals surface area contributed by atoms with Gasteiger partial charge in [0.1, 0.15) is 16.2 Å². The second kappa shape index (κ2) is 30.7. The van der Waals surface area contributed by atoms with Crippen LogP contribution < -0.4 is 35.0 Å². The topological polar surface area (TPSA) is 160 Å². The summed E-state index contributed by atoms with van der Waals surface area (Å²) in [6.07, 6.45) is 7.54. The van der Waals surface area contributed by atoms with Gasteiger partial charge in [0.05, 0.1) is 18.1 Å². The maximum Gasteiger partial charge on any atom is 1.00 e. The number of carbonyl (C=O) groups excluding carboxylic acids is 3. The average Bonchev–Trinajstić information content (AvgIpc) is 4.16. The summed E-state index contributed by atoms with van der Waals surface area (Å²) in [5.74, 6) is -2.10. The van der Waals surface area contributed by atoms with Gasteiger partial charge in [-0.1, -0.05) is 20.8 Å². The molecule has 3 aromatic rings. The van der Waals surface area contributed by atoms with Gasteiger partial charge in [0.2, 0.25) is 5.24 Å². The van der Waals surface area contributed by atoms with Gasteiger partial charge in [-0.3, -0.25) is 34.3 Å². The van der Waals surface area contributed by atoms with Crippen molar-refractivity contribution in [2.75, 3.05) is 24.8 Å². The maximum absolute atomic E-state index is 13.5. The molecule has 7 rings (SSSR count). The summed E-state index contributed by atoms with van der Waals surface area (Å²) >= 11 is 26.0. The zero-order valence-electron chi connectivity index (χ0n) is 38.2. The number of hydrazone groups is 2. The number of hydrazine groups is 1. The fourth-order valence-corrected chi connectivity index (χ4v) is 9.69. The van der Waals surface area contributed by atoms with Crippen molar-refractivity contribution in [1.82, 2.24) is 35.4 Å². The number of rotatable bonds is 13. The minimum Gasteiger partial charge on any atom is -0.512 e. The Balaban J connectivity index is 0.000000475. The largest absolute Gasteiger partial charge is 1.00 e. The molecule has 2 fully saturated rings. The van der Waals surface area contributed by atoms with Gasteiger partial charge in [-0.2, -0.15) is 10.2 Å². The van der Waals surface area contributed by atoms with Crippen molar-refractivity contribution < 1.29 is 70.3 Å². The Morgan fingerprint density at radius 2 is 1.30 bits per heavy atom. The molecule has 0 bridgehead atoms. The van der Waals surface area contributed by atoms with Crippen LogP contribution in [0.3, 0.4) is 0 Å². The maximum atomic E-state index is 13.5. The number of fused-ring (bicyclic) bond motifs is 1. The summed E-state index contributed by atoms with van der Waals surface area (Å²) in [7, 11) is 0. The Kier molecular flexibility index (Phi) is 28.8. The number of halogens is 12. The number of carbonyl (C=O) groups is 3. The molecule has 6 unspecified atom stereocenters. The third-order valence-electron chi connectivity index (χ3n) is 11.9. The molecule has 2 saturated heterocycles. The van der Waals surface area contributed by atoms with Crippen LogP contribution in [0, 0.1) is 28.1 Å². The minimum atomic E-state index is -2.85. The van der Waals surface area contributed by atoms with E-state index in [9.17, 15) is 40.7 Å². The van der Waals surface area contributed by atoms with E-state index in [0.717, 1.165) is 42.4 Å². The molecule has 3 aromatic heterocycles. The molecule has 0 saturated carbocycles. The van der Waals surface area contributed by atoms with Gasteiger partial charge in [-0.15, -0.1) is 23.2 Å². The van der Waals surface area contributed by atoms with Gasteiger partial charge in [0.25, 0.3) is 31.1 Å². The molecule has 70 heavy (non-hydrogen) atoms. The summed E-state index contributed by atoms with van der Waals surface area (Å²) in [5.41, 5.74) is 0.453. The molecule has 7 heterocycles. The first-order valence-corrected chi connectivity index (χ1v) is 24.6. The van der Waals surface area contributed by atoms with Crippen LogP contribution in [0.1, 0.15) is 94.1 Å². The summed E-state index contributed by atoms with van der Waals surface area (Å²) in [6.45, 7) is 10.1. The quantitative estimate of drug-likeness (QED) is 0.0585. The summed E-state index contributed by atoms with van der Waals surface area (Å²) in [4.78, 5) is 48.1. The Hall–Kier alpha value is -2.40. The Morgan fingerprint density at radius 1 is 0.814 bits per heavy atom. The molecule has 4 aliphatic heterocycles. The number of aromatic nitrogens is 3. The van der Waals surface area contributed by atoms with Crippen LogP contribution in [-0.4, -0.2) is 112 Å². The van der Waals surface area contributed by atoms with Gasteiger partial charge < -0.3 is 17.3 Å². The van der Waals surface area contributed by atoms with Crippen molar-refractivity contribution in [2.24, 2.45) is 26.4 Å². The molecule has 27 heteroatoms. The second-order valence-electron chi connectivity index (χ2n) is 15.6. The van der Waals surface area contributed by atoms with Gasteiger partial charge in [0.15, 0.2) is 0 Å². The van der Waals surface area contributed by atoms with E-state index in [-0.39, 0.29) is 69.8 Å².